The van der Waals surface area contributed by atoms with E-state index in [0.717, 1.165) is 5.56 Å². The third kappa shape index (κ3) is 1.59. The number of hydrogen-bond acceptors (Lipinski definition) is 4. The van der Waals surface area contributed by atoms with Gasteiger partial charge in [-0.15, -0.1) is 5.10 Å². The SMILES string of the molecule is Cc1cn(-c2nc[nH]c(=O)c2Cl)nc1N. The second-order valence-corrected chi connectivity index (χ2v) is 3.39. The second kappa shape index (κ2) is 3.39. The highest BCUT2D eigenvalue weighted by molar-refractivity contribution is 6.31. The normalized spacial score (nSPS) is 10.5. The third-order valence-electron chi connectivity index (χ3n) is 1.93. The Balaban J connectivity index is 2.64. The summed E-state index contributed by atoms with van der Waals surface area (Å²) in [6.45, 7) is 1.81. The molecule has 0 spiro atoms. The molecule has 0 aliphatic rings. The highest BCUT2D eigenvalue weighted by atomic mass is 35.5. The van der Waals surface area contributed by atoms with E-state index in [1.165, 1.54) is 11.0 Å². The number of hydrogen-bond donors (Lipinski definition) is 2. The maximum Gasteiger partial charge on any atom is 0.271 e. The molecule has 0 radical (unpaired) electrons. The van der Waals surface area contributed by atoms with E-state index in [4.69, 9.17) is 17.3 Å². The fourth-order valence-corrected chi connectivity index (χ4v) is 1.31. The number of nitrogens with two attached hydrogens (primary N) is 1. The number of nitrogen functional groups attached to an aromatic ring is 1. The molecule has 0 unspecified atom stereocenters. The van der Waals surface area contributed by atoms with Crippen molar-refractivity contribution in [2.75, 3.05) is 5.73 Å². The predicted octanol–water partition coefficient (Wildman–Crippen LogP) is 0.500. The van der Waals surface area contributed by atoms with Crippen LogP contribution in [-0.2, 0) is 0 Å². The van der Waals surface area contributed by atoms with E-state index >= 15 is 0 Å². The van der Waals surface area contributed by atoms with Crippen LogP contribution >= 0.6 is 11.6 Å². The van der Waals surface area contributed by atoms with Gasteiger partial charge in [0.2, 0.25) is 0 Å². The number of anilines is 1. The summed E-state index contributed by atoms with van der Waals surface area (Å²) in [6, 6.07) is 0. The van der Waals surface area contributed by atoms with Gasteiger partial charge < -0.3 is 10.7 Å². The predicted molar refractivity (Wildman–Crippen MR) is 56.1 cm³/mol. The number of aryl methyl sites for hydroxylation is 1. The topological polar surface area (TPSA) is 89.6 Å². The number of H-pyrrole nitrogens is 1. The van der Waals surface area contributed by atoms with Crippen LogP contribution in [0.15, 0.2) is 17.3 Å². The summed E-state index contributed by atoms with van der Waals surface area (Å²) in [4.78, 5) is 17.5. The zero-order valence-corrected chi connectivity index (χ0v) is 8.62. The maximum absolute atomic E-state index is 11.2. The largest absolute Gasteiger partial charge is 0.382 e. The second-order valence-electron chi connectivity index (χ2n) is 3.01. The zero-order valence-electron chi connectivity index (χ0n) is 7.86. The Hall–Kier alpha value is -1.82. The number of aromatic amines is 1. The highest BCUT2D eigenvalue weighted by Gasteiger charge is 2.10. The molecule has 2 aromatic heterocycles. The number of halogens is 1. The number of nitrogens with zero attached hydrogens (tertiary/aromatic N) is 3. The van der Waals surface area contributed by atoms with Gasteiger partial charge in [0.05, 0.1) is 6.33 Å². The summed E-state index contributed by atoms with van der Waals surface area (Å²) in [5.41, 5.74) is 5.97. The molecule has 0 saturated carbocycles. The lowest BCUT2D eigenvalue weighted by molar-refractivity contribution is 0.839. The summed E-state index contributed by atoms with van der Waals surface area (Å²) in [7, 11) is 0. The summed E-state index contributed by atoms with van der Waals surface area (Å²) in [6.07, 6.45) is 2.92. The molecule has 0 atom stereocenters. The van der Waals surface area contributed by atoms with Crippen molar-refractivity contribution in [3.63, 3.8) is 0 Å². The fraction of sp³-hybridized carbons (Fsp3) is 0.125. The lowest BCUT2D eigenvalue weighted by atomic mass is 10.4. The van der Waals surface area contributed by atoms with Crippen molar-refractivity contribution in [3.05, 3.63) is 33.5 Å². The fourth-order valence-electron chi connectivity index (χ4n) is 1.12. The average molecular weight is 226 g/mol. The van der Waals surface area contributed by atoms with Crippen LogP contribution in [0.1, 0.15) is 5.56 Å². The monoisotopic (exact) mass is 225 g/mol. The van der Waals surface area contributed by atoms with Gasteiger partial charge in [-0.1, -0.05) is 11.6 Å². The van der Waals surface area contributed by atoms with Crippen LogP contribution in [0.25, 0.3) is 5.82 Å². The van der Waals surface area contributed by atoms with Gasteiger partial charge >= 0.3 is 0 Å². The standard InChI is InChI=1S/C8H8ClN5O/c1-4-2-14(13-6(4)10)7-5(9)8(15)12-3-11-7/h2-3H,1H3,(H2,10,13)(H,11,12,15). The molecule has 78 valence electrons. The molecule has 6 nitrogen and oxygen atoms in total. The maximum atomic E-state index is 11.2. The van der Waals surface area contributed by atoms with Gasteiger partial charge in [0.1, 0.15) is 5.82 Å². The van der Waals surface area contributed by atoms with Gasteiger partial charge in [0.15, 0.2) is 10.8 Å². The van der Waals surface area contributed by atoms with Crippen molar-refractivity contribution in [2.45, 2.75) is 6.92 Å². The van der Waals surface area contributed by atoms with Crippen LogP contribution in [0.2, 0.25) is 5.02 Å². The Bertz CT molecular complexity index is 539. The molecule has 7 heteroatoms. The van der Waals surface area contributed by atoms with E-state index in [1.807, 2.05) is 0 Å². The van der Waals surface area contributed by atoms with E-state index < -0.39 is 5.56 Å². The number of rotatable bonds is 1. The van der Waals surface area contributed by atoms with Gasteiger partial charge in [-0.2, -0.15) is 0 Å². The van der Waals surface area contributed by atoms with Gasteiger partial charge in [-0.05, 0) is 6.92 Å². The van der Waals surface area contributed by atoms with E-state index in [0.29, 0.717) is 5.82 Å². The molecule has 15 heavy (non-hydrogen) atoms. The minimum Gasteiger partial charge on any atom is -0.382 e. The van der Waals surface area contributed by atoms with Crippen LogP contribution < -0.4 is 11.3 Å². The summed E-state index contributed by atoms with van der Waals surface area (Å²) in [5.74, 6) is 0.647. The molecule has 0 saturated heterocycles. The van der Waals surface area contributed by atoms with Gasteiger partial charge in [0, 0.05) is 11.8 Å². The first-order valence-electron chi connectivity index (χ1n) is 4.15. The molecule has 2 aromatic rings. The van der Waals surface area contributed by atoms with Crippen molar-refractivity contribution in [3.8, 4) is 5.82 Å². The van der Waals surface area contributed by atoms with Crippen LogP contribution in [0.5, 0.6) is 0 Å². The lowest BCUT2D eigenvalue weighted by Crippen LogP contribution is -2.12. The van der Waals surface area contributed by atoms with Crippen molar-refractivity contribution >= 4 is 17.4 Å². The number of nitrogens with one attached hydrogen (secondary N) is 1. The van der Waals surface area contributed by atoms with Crippen molar-refractivity contribution in [1.29, 1.82) is 0 Å². The summed E-state index contributed by atoms with van der Waals surface area (Å²) >= 11 is 5.78. The highest BCUT2D eigenvalue weighted by Crippen LogP contribution is 2.15. The summed E-state index contributed by atoms with van der Waals surface area (Å²) in [5, 5.41) is 3.96. The lowest BCUT2D eigenvalue weighted by Gasteiger charge is -2.00. The molecule has 0 aromatic carbocycles. The molecule has 0 fully saturated rings. The van der Waals surface area contributed by atoms with E-state index in [-0.39, 0.29) is 10.8 Å². The molecule has 2 heterocycles. The van der Waals surface area contributed by atoms with E-state index in [2.05, 4.69) is 15.1 Å². The van der Waals surface area contributed by atoms with Gasteiger partial charge in [-0.25, -0.2) is 9.67 Å². The Kier molecular flexibility index (Phi) is 2.20. The quantitative estimate of drug-likeness (QED) is 0.740. The molecular formula is C8H8ClN5O. The Morgan fingerprint density at radius 3 is 2.93 bits per heavy atom. The first kappa shape index (κ1) is 9.72. The minimum absolute atomic E-state index is 0.0139. The number of aromatic nitrogens is 4. The van der Waals surface area contributed by atoms with Gasteiger partial charge in [-0.3, -0.25) is 4.79 Å². The van der Waals surface area contributed by atoms with Crippen molar-refractivity contribution in [1.82, 2.24) is 19.7 Å². The van der Waals surface area contributed by atoms with E-state index in [1.54, 1.807) is 13.1 Å². The van der Waals surface area contributed by atoms with Crippen LogP contribution in [0, 0.1) is 6.92 Å². The first-order chi connectivity index (χ1) is 7.09. The molecule has 0 amide bonds. The van der Waals surface area contributed by atoms with Gasteiger partial charge in [0.25, 0.3) is 5.56 Å². The van der Waals surface area contributed by atoms with E-state index in [9.17, 15) is 4.79 Å². The first-order valence-corrected chi connectivity index (χ1v) is 4.52. The molecule has 2 rings (SSSR count). The molecule has 0 bridgehead atoms. The van der Waals surface area contributed by atoms with Crippen molar-refractivity contribution in [2.24, 2.45) is 0 Å². The molecule has 0 aliphatic carbocycles. The smallest absolute Gasteiger partial charge is 0.271 e. The molecular weight excluding hydrogens is 218 g/mol. The minimum atomic E-state index is -0.409. The molecule has 0 aliphatic heterocycles. The molecule has 3 N–H and O–H groups in total. The Morgan fingerprint density at radius 2 is 2.33 bits per heavy atom. The summed E-state index contributed by atoms with van der Waals surface area (Å²) < 4.78 is 1.38. The average Bonchev–Trinajstić information content (AvgIpc) is 2.51. The Labute approximate surface area is 89.7 Å². The van der Waals surface area contributed by atoms with Crippen LogP contribution in [-0.4, -0.2) is 19.7 Å². The Morgan fingerprint density at radius 1 is 1.60 bits per heavy atom. The van der Waals surface area contributed by atoms with Crippen LogP contribution in [0.3, 0.4) is 0 Å². The third-order valence-corrected chi connectivity index (χ3v) is 2.27. The van der Waals surface area contributed by atoms with Crippen LogP contribution in [0.4, 0.5) is 5.82 Å². The van der Waals surface area contributed by atoms with Crippen molar-refractivity contribution < 1.29 is 0 Å². The zero-order chi connectivity index (χ0) is 11.0.